The van der Waals surface area contributed by atoms with E-state index in [1.54, 1.807) is 0 Å². The first-order chi connectivity index (χ1) is 9.38. The largest absolute Gasteiger partial charge is 0.389 e. The molecule has 3 nitrogen and oxygen atoms in total. The molecule has 1 rings (SSSR count). The molecule has 0 spiro atoms. The van der Waals surface area contributed by atoms with Gasteiger partial charge >= 0.3 is 0 Å². The van der Waals surface area contributed by atoms with Crippen molar-refractivity contribution in [2.24, 2.45) is 0 Å². The quantitative estimate of drug-likeness (QED) is 0.794. The van der Waals surface area contributed by atoms with E-state index in [0.29, 0.717) is 19.2 Å². The maximum Gasteiger partial charge on any atom is 0.0900 e. The van der Waals surface area contributed by atoms with Crippen LogP contribution < -0.4 is 0 Å². The Hall–Kier alpha value is -0.900. The van der Waals surface area contributed by atoms with Crippen LogP contribution in [0, 0.1) is 6.92 Å². The van der Waals surface area contributed by atoms with Gasteiger partial charge in [0.25, 0.3) is 0 Å². The summed E-state index contributed by atoms with van der Waals surface area (Å²) in [5.74, 6) is 0. The number of nitrogens with zero attached hydrogens (tertiary/aromatic N) is 1. The van der Waals surface area contributed by atoms with Crippen molar-refractivity contribution >= 4 is 0 Å². The van der Waals surface area contributed by atoms with Crippen molar-refractivity contribution in [1.29, 1.82) is 0 Å². The third-order valence-corrected chi connectivity index (χ3v) is 3.30. The minimum Gasteiger partial charge on any atom is -0.389 e. The summed E-state index contributed by atoms with van der Waals surface area (Å²) in [6, 6.07) is 8.96. The molecule has 0 radical (unpaired) electrons. The highest BCUT2D eigenvalue weighted by Gasteiger charge is 2.15. The van der Waals surface area contributed by atoms with Crippen molar-refractivity contribution in [3.63, 3.8) is 0 Å². The van der Waals surface area contributed by atoms with E-state index in [-0.39, 0.29) is 6.10 Å². The maximum absolute atomic E-state index is 10.1. The summed E-state index contributed by atoms with van der Waals surface area (Å²) >= 11 is 0. The van der Waals surface area contributed by atoms with Gasteiger partial charge in [-0.25, -0.2) is 0 Å². The molecule has 114 valence electrons. The third kappa shape index (κ3) is 6.51. The number of hydrogen-bond donors (Lipinski definition) is 1. The van der Waals surface area contributed by atoms with Crippen LogP contribution in [0.25, 0.3) is 0 Å². The van der Waals surface area contributed by atoms with E-state index in [9.17, 15) is 5.11 Å². The summed E-state index contributed by atoms with van der Waals surface area (Å²) in [6.45, 7) is 12.3. The first-order valence-corrected chi connectivity index (χ1v) is 7.47. The molecule has 3 heteroatoms. The number of aryl methyl sites for hydroxylation is 1. The van der Waals surface area contributed by atoms with Crippen molar-refractivity contribution in [3.8, 4) is 0 Å². The van der Waals surface area contributed by atoms with E-state index in [1.807, 2.05) is 13.8 Å². The topological polar surface area (TPSA) is 32.7 Å². The lowest BCUT2D eigenvalue weighted by Gasteiger charge is -2.29. The van der Waals surface area contributed by atoms with Crippen LogP contribution >= 0.6 is 0 Å². The zero-order valence-corrected chi connectivity index (χ0v) is 13.5. The van der Waals surface area contributed by atoms with Gasteiger partial charge in [0.1, 0.15) is 0 Å². The number of rotatable bonds is 8. The number of benzene rings is 1. The molecular weight excluding hydrogens is 250 g/mol. The molecule has 0 aliphatic carbocycles. The standard InChI is InChI=1S/C17H29NO2/c1-13(2)18(11-17(19)12-20-14(3)4)10-16-8-6-15(5)7-9-16/h6-9,13-14,17,19H,10-12H2,1-5H3/t17-/m1/s1. The van der Waals surface area contributed by atoms with E-state index in [4.69, 9.17) is 4.74 Å². The van der Waals surface area contributed by atoms with E-state index in [1.165, 1.54) is 11.1 Å². The molecule has 1 aromatic carbocycles. The molecule has 0 heterocycles. The highest BCUT2D eigenvalue weighted by molar-refractivity contribution is 5.21. The molecule has 1 N–H and O–H groups in total. The van der Waals surface area contributed by atoms with Crippen LogP contribution in [0.2, 0.25) is 0 Å². The van der Waals surface area contributed by atoms with Crippen LogP contribution in [0.3, 0.4) is 0 Å². The lowest BCUT2D eigenvalue weighted by atomic mass is 10.1. The van der Waals surface area contributed by atoms with Crippen molar-refractivity contribution in [3.05, 3.63) is 35.4 Å². The van der Waals surface area contributed by atoms with Gasteiger partial charge in [0.15, 0.2) is 0 Å². The molecule has 1 aromatic rings. The smallest absolute Gasteiger partial charge is 0.0900 e. The van der Waals surface area contributed by atoms with E-state index >= 15 is 0 Å². The Labute approximate surface area is 123 Å². The Morgan fingerprint density at radius 3 is 2.20 bits per heavy atom. The fourth-order valence-corrected chi connectivity index (χ4v) is 2.01. The lowest BCUT2D eigenvalue weighted by Crippen LogP contribution is -2.39. The molecule has 0 aromatic heterocycles. The molecule has 0 saturated heterocycles. The second-order valence-corrected chi connectivity index (χ2v) is 6.04. The Morgan fingerprint density at radius 2 is 1.70 bits per heavy atom. The van der Waals surface area contributed by atoms with Crippen molar-refractivity contribution in [1.82, 2.24) is 4.90 Å². The zero-order chi connectivity index (χ0) is 15.1. The Kier molecular flexibility index (Phi) is 7.20. The van der Waals surface area contributed by atoms with E-state index in [0.717, 1.165) is 6.54 Å². The average Bonchev–Trinajstić information content (AvgIpc) is 2.38. The normalized spacial score (nSPS) is 13.4. The van der Waals surface area contributed by atoms with Gasteiger partial charge in [0.2, 0.25) is 0 Å². The number of aliphatic hydroxyl groups excluding tert-OH is 1. The van der Waals surface area contributed by atoms with Gasteiger partial charge in [-0.2, -0.15) is 0 Å². The molecular formula is C17H29NO2. The predicted molar refractivity (Wildman–Crippen MR) is 83.8 cm³/mol. The highest BCUT2D eigenvalue weighted by Crippen LogP contribution is 2.10. The number of ether oxygens (including phenoxy) is 1. The van der Waals surface area contributed by atoms with Gasteiger partial charge < -0.3 is 9.84 Å². The Bertz CT molecular complexity index is 373. The van der Waals surface area contributed by atoms with Gasteiger partial charge in [-0.3, -0.25) is 4.90 Å². The summed E-state index contributed by atoms with van der Waals surface area (Å²) in [6.07, 6.45) is -0.278. The van der Waals surface area contributed by atoms with Crippen LogP contribution in [0.15, 0.2) is 24.3 Å². The van der Waals surface area contributed by atoms with Crippen LogP contribution in [0.1, 0.15) is 38.8 Å². The van der Waals surface area contributed by atoms with Crippen molar-refractivity contribution in [2.45, 2.75) is 59.4 Å². The molecule has 0 fully saturated rings. The molecule has 0 saturated carbocycles. The molecule has 1 atom stereocenters. The zero-order valence-electron chi connectivity index (χ0n) is 13.5. The van der Waals surface area contributed by atoms with Crippen molar-refractivity contribution in [2.75, 3.05) is 13.2 Å². The van der Waals surface area contributed by atoms with Gasteiger partial charge in [0.05, 0.1) is 18.8 Å². The van der Waals surface area contributed by atoms with Crippen LogP contribution in [-0.2, 0) is 11.3 Å². The SMILES string of the molecule is Cc1ccc(CN(C[C@@H](O)COC(C)C)C(C)C)cc1. The third-order valence-electron chi connectivity index (χ3n) is 3.30. The summed E-state index contributed by atoms with van der Waals surface area (Å²) in [7, 11) is 0. The molecule has 0 unspecified atom stereocenters. The first kappa shape index (κ1) is 17.2. The van der Waals surface area contributed by atoms with E-state index < -0.39 is 6.10 Å². The molecule has 20 heavy (non-hydrogen) atoms. The Morgan fingerprint density at radius 1 is 1.10 bits per heavy atom. The number of aliphatic hydroxyl groups is 1. The fraction of sp³-hybridized carbons (Fsp3) is 0.647. The average molecular weight is 279 g/mol. The minimum absolute atomic E-state index is 0.161. The lowest BCUT2D eigenvalue weighted by molar-refractivity contribution is -0.0136. The second-order valence-electron chi connectivity index (χ2n) is 6.04. The molecule has 0 aliphatic rings. The van der Waals surface area contributed by atoms with Gasteiger partial charge in [-0.1, -0.05) is 29.8 Å². The van der Waals surface area contributed by atoms with Gasteiger partial charge in [-0.05, 0) is 40.2 Å². The first-order valence-electron chi connectivity index (χ1n) is 7.47. The van der Waals surface area contributed by atoms with Crippen LogP contribution in [-0.4, -0.2) is 41.4 Å². The Balaban J connectivity index is 2.53. The number of hydrogen-bond acceptors (Lipinski definition) is 3. The molecule has 0 aliphatic heterocycles. The van der Waals surface area contributed by atoms with Crippen LogP contribution in [0.4, 0.5) is 0 Å². The highest BCUT2D eigenvalue weighted by atomic mass is 16.5. The predicted octanol–water partition coefficient (Wildman–Crippen LogP) is 2.99. The second kappa shape index (κ2) is 8.40. The molecule has 0 bridgehead atoms. The summed E-state index contributed by atoms with van der Waals surface area (Å²) in [5.41, 5.74) is 2.55. The fourth-order valence-electron chi connectivity index (χ4n) is 2.01. The van der Waals surface area contributed by atoms with E-state index in [2.05, 4.69) is 49.9 Å². The summed E-state index contributed by atoms with van der Waals surface area (Å²) in [5, 5.41) is 10.1. The van der Waals surface area contributed by atoms with Gasteiger partial charge in [0, 0.05) is 19.1 Å². The minimum atomic E-state index is -0.440. The van der Waals surface area contributed by atoms with Crippen LogP contribution in [0.5, 0.6) is 0 Å². The maximum atomic E-state index is 10.1. The summed E-state index contributed by atoms with van der Waals surface area (Å²) in [4.78, 5) is 2.28. The van der Waals surface area contributed by atoms with Crippen molar-refractivity contribution < 1.29 is 9.84 Å². The summed E-state index contributed by atoms with van der Waals surface area (Å²) < 4.78 is 5.47. The van der Waals surface area contributed by atoms with Gasteiger partial charge in [-0.15, -0.1) is 0 Å². The molecule has 0 amide bonds. The monoisotopic (exact) mass is 279 g/mol.